The second kappa shape index (κ2) is 9.45. The minimum Gasteiger partial charge on any atom is -0.497 e. The molecule has 2 aromatic heterocycles. The highest BCUT2D eigenvalue weighted by Crippen LogP contribution is 2.35. The lowest BCUT2D eigenvalue weighted by Crippen LogP contribution is -2.20. The van der Waals surface area contributed by atoms with E-state index < -0.39 is 5.97 Å². The number of esters is 1. The quantitative estimate of drug-likeness (QED) is 0.252. The van der Waals surface area contributed by atoms with E-state index in [0.717, 1.165) is 59.0 Å². The van der Waals surface area contributed by atoms with Crippen LogP contribution < -0.4 is 14.9 Å². The summed E-state index contributed by atoms with van der Waals surface area (Å²) in [6, 6.07) is 18.4. The molecule has 0 spiro atoms. The largest absolute Gasteiger partial charge is 0.497 e. The van der Waals surface area contributed by atoms with Gasteiger partial charge in [-0.25, -0.2) is 4.79 Å². The fourth-order valence-electron chi connectivity index (χ4n) is 5.41. The van der Waals surface area contributed by atoms with Crippen molar-refractivity contribution in [1.29, 1.82) is 0 Å². The third-order valence-electron chi connectivity index (χ3n) is 7.20. The van der Waals surface area contributed by atoms with E-state index >= 15 is 0 Å². The summed E-state index contributed by atoms with van der Waals surface area (Å²) in [7, 11) is 1.59. The summed E-state index contributed by atoms with van der Waals surface area (Å²) in [6.45, 7) is 3.82. The smallest absolute Gasteiger partial charge is 0.344 e. The molecule has 5 aromatic rings. The summed E-state index contributed by atoms with van der Waals surface area (Å²) in [5, 5.41) is 1.10. The molecule has 0 aliphatic heterocycles. The molecule has 6 rings (SSSR count). The Morgan fingerprint density at radius 2 is 1.71 bits per heavy atom. The summed E-state index contributed by atoms with van der Waals surface area (Å²) in [4.78, 5) is 32.7. The summed E-state index contributed by atoms with van der Waals surface area (Å²) in [5.41, 5.74) is 5.50. The zero-order valence-corrected chi connectivity index (χ0v) is 21.6. The number of rotatable bonds is 4. The molecule has 6 nitrogen and oxygen atoms in total. The molecule has 0 atom stereocenters. The molecule has 0 saturated heterocycles. The van der Waals surface area contributed by atoms with Crippen LogP contribution in [0.2, 0.25) is 0 Å². The number of benzene rings is 3. The van der Waals surface area contributed by atoms with Crippen molar-refractivity contribution in [3.8, 4) is 22.8 Å². The van der Waals surface area contributed by atoms with Crippen LogP contribution in [0.25, 0.3) is 33.2 Å². The van der Waals surface area contributed by atoms with Crippen LogP contribution in [-0.4, -0.2) is 18.1 Å². The van der Waals surface area contributed by atoms with E-state index in [1.54, 1.807) is 37.4 Å². The van der Waals surface area contributed by atoms with Crippen molar-refractivity contribution in [2.24, 2.45) is 0 Å². The number of aromatic nitrogens is 1. The molecule has 190 valence electrons. The van der Waals surface area contributed by atoms with Gasteiger partial charge in [0.05, 0.1) is 23.6 Å². The van der Waals surface area contributed by atoms with Gasteiger partial charge in [0.15, 0.2) is 5.76 Å². The molecular weight excluding hydrogens is 478 g/mol. The van der Waals surface area contributed by atoms with Crippen LogP contribution in [0.4, 0.5) is 0 Å². The van der Waals surface area contributed by atoms with Crippen molar-refractivity contribution in [3.05, 3.63) is 98.8 Å². The zero-order valence-electron chi connectivity index (χ0n) is 21.6. The molecule has 0 bridgehead atoms. The number of ether oxygens (including phenoxy) is 2. The number of nitrogens with zero attached hydrogens (tertiary/aromatic N) is 1. The Morgan fingerprint density at radius 1 is 0.947 bits per heavy atom. The van der Waals surface area contributed by atoms with Gasteiger partial charge in [-0.1, -0.05) is 24.3 Å². The van der Waals surface area contributed by atoms with Crippen molar-refractivity contribution >= 4 is 27.8 Å². The Kier molecular flexibility index (Phi) is 5.95. The van der Waals surface area contributed by atoms with Gasteiger partial charge in [0, 0.05) is 16.6 Å². The maximum Gasteiger partial charge on any atom is 0.344 e. The Bertz CT molecular complexity index is 1780. The maximum atomic E-state index is 14.0. The van der Waals surface area contributed by atoms with E-state index in [9.17, 15) is 9.59 Å². The van der Waals surface area contributed by atoms with Gasteiger partial charge in [0.2, 0.25) is 11.2 Å². The molecule has 2 heterocycles. The van der Waals surface area contributed by atoms with Crippen molar-refractivity contribution < 1.29 is 18.7 Å². The van der Waals surface area contributed by atoms with Crippen LogP contribution in [-0.2, 0) is 12.8 Å². The van der Waals surface area contributed by atoms with Gasteiger partial charge >= 0.3 is 5.97 Å². The summed E-state index contributed by atoms with van der Waals surface area (Å²) >= 11 is 0. The van der Waals surface area contributed by atoms with Crippen LogP contribution in [0.15, 0.2) is 69.9 Å². The molecule has 1 aliphatic rings. The van der Waals surface area contributed by atoms with E-state index in [1.165, 1.54) is 0 Å². The van der Waals surface area contributed by atoms with E-state index in [1.807, 2.05) is 44.2 Å². The lowest BCUT2D eigenvalue weighted by molar-refractivity contribution is 0.0732. The topological polar surface area (TPSA) is 78.6 Å². The van der Waals surface area contributed by atoms with Gasteiger partial charge in [-0.05, 0) is 92.6 Å². The van der Waals surface area contributed by atoms with Crippen molar-refractivity contribution in [3.63, 3.8) is 0 Å². The number of hydrogen-bond acceptors (Lipinski definition) is 6. The standard InChI is InChI=1S/C32H27NO5/c1-18-16-19(2)29-24(17-18)28(34)31(30(37-29)20-12-14-21(36-3)15-13-20)38-32(35)27-22-8-4-6-10-25(22)33-26-11-7-5-9-23(26)27/h4,6,8,10,12-17H,5,7,9,11H2,1-3H3. The van der Waals surface area contributed by atoms with Crippen molar-refractivity contribution in [2.75, 3.05) is 7.11 Å². The van der Waals surface area contributed by atoms with Crippen LogP contribution in [0.3, 0.4) is 0 Å². The van der Waals surface area contributed by atoms with Crippen LogP contribution in [0.1, 0.15) is 45.6 Å². The van der Waals surface area contributed by atoms with Gasteiger partial charge < -0.3 is 13.9 Å². The van der Waals surface area contributed by atoms with E-state index in [2.05, 4.69) is 0 Å². The number of fused-ring (bicyclic) bond motifs is 3. The molecule has 6 heteroatoms. The molecule has 3 aromatic carbocycles. The monoisotopic (exact) mass is 505 g/mol. The maximum absolute atomic E-state index is 14.0. The molecule has 1 aliphatic carbocycles. The second-order valence-electron chi connectivity index (χ2n) is 9.80. The fourth-order valence-corrected chi connectivity index (χ4v) is 5.41. The molecule has 0 saturated carbocycles. The minimum absolute atomic E-state index is 0.122. The SMILES string of the molecule is COc1ccc(-c2oc3c(C)cc(C)cc3c(=O)c2OC(=O)c2c3c(nc4ccccc24)CCCC3)cc1. The normalized spacial score (nSPS) is 12.9. The number of pyridine rings is 1. The van der Waals surface area contributed by atoms with Gasteiger partial charge in [-0.15, -0.1) is 0 Å². The van der Waals surface area contributed by atoms with Gasteiger partial charge in [-0.2, -0.15) is 0 Å². The number of methoxy groups -OCH3 is 1. The molecule has 0 radical (unpaired) electrons. The zero-order chi connectivity index (χ0) is 26.4. The molecule has 0 amide bonds. The van der Waals surface area contributed by atoms with Crippen molar-refractivity contribution in [2.45, 2.75) is 39.5 Å². The lowest BCUT2D eigenvalue weighted by atomic mass is 9.90. The Morgan fingerprint density at radius 3 is 2.50 bits per heavy atom. The number of carbonyl (C=O) groups excluding carboxylic acids is 1. The molecule has 0 unspecified atom stereocenters. The van der Waals surface area contributed by atoms with Gasteiger partial charge in [0.1, 0.15) is 11.3 Å². The third-order valence-corrected chi connectivity index (χ3v) is 7.20. The molecule has 38 heavy (non-hydrogen) atoms. The van der Waals surface area contributed by atoms with Crippen molar-refractivity contribution in [1.82, 2.24) is 4.98 Å². The molecule has 0 fully saturated rings. The number of carbonyl (C=O) groups is 1. The second-order valence-corrected chi connectivity index (χ2v) is 9.80. The summed E-state index contributed by atoms with van der Waals surface area (Å²) in [5.74, 6) is 0.172. The first kappa shape index (κ1) is 23.9. The Labute approximate surface area is 219 Å². The van der Waals surface area contributed by atoms with E-state index in [0.29, 0.717) is 27.8 Å². The highest BCUT2D eigenvalue weighted by Gasteiger charge is 2.27. The number of hydrogen-bond donors (Lipinski definition) is 0. The summed E-state index contributed by atoms with van der Waals surface area (Å²) in [6.07, 6.45) is 3.56. The number of para-hydroxylation sites is 1. The average molecular weight is 506 g/mol. The van der Waals surface area contributed by atoms with E-state index in [-0.39, 0.29) is 16.9 Å². The molecular formula is C32H27NO5. The van der Waals surface area contributed by atoms with Gasteiger partial charge in [0.25, 0.3) is 0 Å². The summed E-state index contributed by atoms with van der Waals surface area (Å²) < 4.78 is 17.7. The average Bonchev–Trinajstić information content (AvgIpc) is 2.93. The molecule has 0 N–H and O–H groups in total. The first-order valence-corrected chi connectivity index (χ1v) is 12.8. The van der Waals surface area contributed by atoms with E-state index in [4.69, 9.17) is 18.9 Å². The Hall–Kier alpha value is -4.45. The predicted octanol–water partition coefficient (Wildman–Crippen LogP) is 6.73. The van der Waals surface area contributed by atoms with Crippen LogP contribution in [0, 0.1) is 13.8 Å². The van der Waals surface area contributed by atoms with Crippen LogP contribution >= 0.6 is 0 Å². The fraction of sp³-hybridized carbons (Fsp3) is 0.219. The number of aryl methyl sites for hydroxylation is 3. The highest BCUT2D eigenvalue weighted by molar-refractivity contribution is 6.06. The predicted molar refractivity (Wildman–Crippen MR) is 147 cm³/mol. The third kappa shape index (κ3) is 4.02. The van der Waals surface area contributed by atoms with Crippen LogP contribution in [0.5, 0.6) is 11.5 Å². The highest BCUT2D eigenvalue weighted by atomic mass is 16.5. The lowest BCUT2D eigenvalue weighted by Gasteiger charge is -2.20. The van der Waals surface area contributed by atoms with Gasteiger partial charge in [-0.3, -0.25) is 9.78 Å². The minimum atomic E-state index is -0.576. The Balaban J connectivity index is 1.57. The first-order chi connectivity index (χ1) is 18.4. The first-order valence-electron chi connectivity index (χ1n) is 12.8.